The van der Waals surface area contributed by atoms with Gasteiger partial charge < -0.3 is 39.0 Å². The summed E-state index contributed by atoms with van der Waals surface area (Å²) in [7, 11) is 0. The van der Waals surface area contributed by atoms with Gasteiger partial charge in [-0.3, -0.25) is 9.59 Å². The van der Waals surface area contributed by atoms with Crippen LogP contribution in [0.3, 0.4) is 0 Å². The van der Waals surface area contributed by atoms with Gasteiger partial charge in [0.15, 0.2) is 11.2 Å². The monoisotopic (exact) mass is 1020 g/mol. The predicted octanol–water partition coefficient (Wildman–Crippen LogP) is 12.5. The number of carboxylic acids is 3. The molecule has 390 valence electrons. The third-order valence-electron chi connectivity index (χ3n) is 14.9. The van der Waals surface area contributed by atoms with Gasteiger partial charge in [0.2, 0.25) is 0 Å². The molecule has 0 aliphatic rings. The van der Waals surface area contributed by atoms with E-state index in [9.17, 15) is 24.9 Å². The van der Waals surface area contributed by atoms with E-state index in [0.29, 0.717) is 11.1 Å². The van der Waals surface area contributed by atoms with Gasteiger partial charge in [-0.1, -0.05) is 146 Å². The molecule has 0 spiro atoms. The van der Waals surface area contributed by atoms with Crippen LogP contribution in [0, 0.1) is 5.41 Å². The maximum Gasteiger partial charge on any atom is 0.337 e. The summed E-state index contributed by atoms with van der Waals surface area (Å²) in [6, 6.07) is 52.5. The minimum Gasteiger partial charge on any atom is -0.481 e. The maximum atomic E-state index is 15.2. The molecule has 9 rings (SSSR count). The predicted molar refractivity (Wildman–Crippen MR) is 296 cm³/mol. The fourth-order valence-electron chi connectivity index (χ4n) is 11.4. The molecule has 2 unspecified atom stereocenters. The quantitative estimate of drug-likeness (QED) is 0.0266. The first-order valence-electron chi connectivity index (χ1n) is 25.9. The topological polar surface area (TPSA) is 175 Å². The standard InChI is InChI=1S/C64H62O12/c1-3-75-63(60(68)69,38-55-49-25-11-5-19-43(49)35-44-20-6-12-26-50(44)55)62(41-72-33-17-31-58(65)66,64(61(70)71,76-4-2)39-56-51-27-13-7-21-45(51)36-46-22-8-14-28-52(46)56)42-73-34-18-32-59(67)74-40-57-53-29-15-9-23-47(53)37-48-24-10-16-30-54(48)57/h5-16,19-30,35-37H,3-4,17-18,31-34,38-42H2,1-2H3,(H,65,66)(H,68,69)(H,70,71). The number of carboxylic acid groups (broad SMARTS) is 3. The van der Waals surface area contributed by atoms with Gasteiger partial charge in [-0.2, -0.15) is 0 Å². The number of esters is 1. The lowest BCUT2D eigenvalue weighted by Gasteiger charge is -2.55. The number of carbonyl (C=O) groups is 4. The second-order valence-electron chi connectivity index (χ2n) is 19.3. The molecule has 0 radical (unpaired) electrons. The molecule has 0 bridgehead atoms. The van der Waals surface area contributed by atoms with Crippen molar-refractivity contribution < 1.29 is 58.2 Å². The fourth-order valence-corrected chi connectivity index (χ4v) is 11.4. The average Bonchev–Trinajstić information content (AvgIpc) is 3.48. The molecule has 12 heteroatoms. The van der Waals surface area contributed by atoms with E-state index in [2.05, 4.69) is 6.07 Å². The Balaban J connectivity index is 1.18. The van der Waals surface area contributed by atoms with E-state index in [-0.39, 0.29) is 71.6 Å². The van der Waals surface area contributed by atoms with Crippen LogP contribution in [-0.2, 0) is 62.3 Å². The van der Waals surface area contributed by atoms with Crippen LogP contribution in [0.1, 0.15) is 56.2 Å². The molecule has 12 nitrogen and oxygen atoms in total. The third kappa shape index (κ3) is 10.3. The Bertz CT molecular complexity index is 3280. The van der Waals surface area contributed by atoms with Crippen molar-refractivity contribution in [2.45, 2.75) is 70.2 Å². The number of rotatable bonds is 26. The van der Waals surface area contributed by atoms with Crippen molar-refractivity contribution >= 4 is 88.5 Å². The largest absolute Gasteiger partial charge is 0.481 e. The summed E-state index contributed by atoms with van der Waals surface area (Å²) in [5.41, 5.74) is -5.28. The van der Waals surface area contributed by atoms with Crippen molar-refractivity contribution in [3.8, 4) is 0 Å². The summed E-state index contributed by atoms with van der Waals surface area (Å²) >= 11 is 0. The normalized spacial score (nSPS) is 14.2. The zero-order valence-electron chi connectivity index (χ0n) is 42.8. The molecule has 0 heterocycles. The van der Waals surface area contributed by atoms with Gasteiger partial charge in [-0.05, 0) is 121 Å². The van der Waals surface area contributed by atoms with Gasteiger partial charge in [0.05, 0.1) is 18.6 Å². The molecule has 76 heavy (non-hydrogen) atoms. The van der Waals surface area contributed by atoms with E-state index >= 15 is 9.59 Å². The Morgan fingerprint density at radius 1 is 0.434 bits per heavy atom. The number of aliphatic carboxylic acids is 3. The lowest BCUT2D eigenvalue weighted by molar-refractivity contribution is -0.269. The molecular formula is C64H62O12. The van der Waals surface area contributed by atoms with E-state index < -0.39 is 53.7 Å². The molecule has 9 aromatic carbocycles. The number of carbonyl (C=O) groups excluding carboxylic acids is 1. The van der Waals surface area contributed by atoms with Crippen molar-refractivity contribution in [2.75, 3.05) is 39.6 Å². The highest BCUT2D eigenvalue weighted by Crippen LogP contribution is 2.53. The summed E-state index contributed by atoms with van der Waals surface area (Å²) in [5, 5.41) is 44.6. The second-order valence-corrected chi connectivity index (χ2v) is 19.3. The van der Waals surface area contributed by atoms with Crippen molar-refractivity contribution in [2.24, 2.45) is 5.41 Å². The molecular weight excluding hydrogens is 961 g/mol. The molecule has 0 saturated heterocycles. The SMILES string of the molecule is CCOC(Cc1c2ccccc2cc2ccccc12)(C(=O)O)C(COCCCC(=O)O)(COCCCC(=O)OCc1c2ccccc2cc2ccccc12)C(Cc1c2ccccc2cc2ccccc12)(OCC)C(=O)O. The molecule has 0 aliphatic heterocycles. The van der Waals surface area contributed by atoms with Gasteiger partial charge >= 0.3 is 23.9 Å². The Hall–Kier alpha value is -7.74. The molecule has 0 amide bonds. The summed E-state index contributed by atoms with van der Waals surface area (Å²) < 4.78 is 32.8. The van der Waals surface area contributed by atoms with Crippen molar-refractivity contribution in [1.29, 1.82) is 0 Å². The number of fused-ring (bicyclic) bond motifs is 6. The van der Waals surface area contributed by atoms with Crippen molar-refractivity contribution in [3.05, 3.63) is 180 Å². The van der Waals surface area contributed by atoms with Crippen LogP contribution in [0.4, 0.5) is 0 Å². The Morgan fingerprint density at radius 3 is 1.07 bits per heavy atom. The molecule has 2 atom stereocenters. The zero-order valence-corrected chi connectivity index (χ0v) is 42.8. The lowest BCUT2D eigenvalue weighted by atomic mass is 9.57. The second kappa shape index (κ2) is 23.4. The molecule has 9 aromatic rings. The van der Waals surface area contributed by atoms with E-state index in [1.165, 1.54) is 0 Å². The molecule has 3 N–H and O–H groups in total. The minimum absolute atomic E-state index is 0.0283. The highest BCUT2D eigenvalue weighted by molar-refractivity contribution is 6.05. The van der Waals surface area contributed by atoms with E-state index in [4.69, 9.17) is 23.7 Å². The van der Waals surface area contributed by atoms with Crippen LogP contribution >= 0.6 is 0 Å². The van der Waals surface area contributed by atoms with Crippen molar-refractivity contribution in [1.82, 2.24) is 0 Å². The molecule has 0 aromatic heterocycles. The Kier molecular flexibility index (Phi) is 16.4. The minimum atomic E-state index is -2.52. The van der Waals surface area contributed by atoms with Crippen LogP contribution in [0.25, 0.3) is 64.6 Å². The summed E-state index contributed by atoms with van der Waals surface area (Å²) in [6.45, 7) is 1.41. The van der Waals surface area contributed by atoms with Gasteiger partial charge in [0.25, 0.3) is 0 Å². The summed E-state index contributed by atoms with van der Waals surface area (Å²) in [6.07, 6.45) is -0.937. The molecule has 0 fully saturated rings. The van der Waals surface area contributed by atoms with Crippen LogP contribution in [0.5, 0.6) is 0 Å². The Morgan fingerprint density at radius 2 is 0.750 bits per heavy atom. The van der Waals surface area contributed by atoms with Gasteiger partial charge in [0, 0.05) is 57.7 Å². The summed E-state index contributed by atoms with van der Waals surface area (Å²) in [5.74, 6) is -4.51. The van der Waals surface area contributed by atoms with Crippen LogP contribution < -0.4 is 0 Å². The lowest BCUT2D eigenvalue weighted by Crippen LogP contribution is -2.75. The van der Waals surface area contributed by atoms with E-state index in [1.54, 1.807) is 13.8 Å². The van der Waals surface area contributed by atoms with Crippen LogP contribution in [-0.4, -0.2) is 90.0 Å². The van der Waals surface area contributed by atoms with Gasteiger partial charge in [0.1, 0.15) is 6.61 Å². The first kappa shape index (κ1) is 53.1. The van der Waals surface area contributed by atoms with Gasteiger partial charge in [-0.25, -0.2) is 9.59 Å². The van der Waals surface area contributed by atoms with E-state index in [1.807, 2.05) is 158 Å². The number of hydrogen-bond donors (Lipinski definition) is 3. The number of ether oxygens (including phenoxy) is 5. The van der Waals surface area contributed by atoms with Crippen LogP contribution in [0.2, 0.25) is 0 Å². The smallest absolute Gasteiger partial charge is 0.337 e. The van der Waals surface area contributed by atoms with E-state index in [0.717, 1.165) is 70.2 Å². The van der Waals surface area contributed by atoms with Gasteiger partial charge in [-0.15, -0.1) is 0 Å². The fraction of sp³-hybridized carbons (Fsp3) is 0.281. The molecule has 0 aliphatic carbocycles. The number of benzene rings is 9. The number of hydrogen-bond acceptors (Lipinski definition) is 9. The van der Waals surface area contributed by atoms with Crippen LogP contribution in [0.15, 0.2) is 164 Å². The highest BCUT2D eigenvalue weighted by Gasteiger charge is 2.72. The first-order valence-corrected chi connectivity index (χ1v) is 25.9. The first-order chi connectivity index (χ1) is 37.0. The van der Waals surface area contributed by atoms with Crippen molar-refractivity contribution in [3.63, 3.8) is 0 Å². The maximum absolute atomic E-state index is 15.2. The highest BCUT2D eigenvalue weighted by atomic mass is 16.6. The average molecular weight is 1020 g/mol. The third-order valence-corrected chi connectivity index (χ3v) is 14.9. The zero-order chi connectivity index (χ0) is 53.3. The Labute approximate surface area is 440 Å². The summed E-state index contributed by atoms with van der Waals surface area (Å²) in [4.78, 5) is 55.8. The molecule has 0 saturated carbocycles.